The molecule has 1 nitrogen and oxygen atoms in total. The number of aliphatic hydroxyl groups excluding tert-OH is 1. The van der Waals surface area contributed by atoms with Crippen molar-refractivity contribution in [1.29, 1.82) is 0 Å². The largest absolute Gasteiger partial charge is 0.393 e. The Bertz CT molecular complexity index is 391. The predicted octanol–water partition coefficient (Wildman–Crippen LogP) is 4.78. The lowest BCUT2D eigenvalue weighted by molar-refractivity contribution is -0.120. The minimum Gasteiger partial charge on any atom is -0.393 e. The van der Waals surface area contributed by atoms with Gasteiger partial charge in [0.1, 0.15) is 0 Å². The molecule has 4 aliphatic rings. The molecule has 0 amide bonds. The average Bonchev–Trinajstić information content (AvgIpc) is 2.74. The summed E-state index contributed by atoms with van der Waals surface area (Å²) in [4.78, 5) is 0. The third-order valence-electron chi connectivity index (χ3n) is 8.53. The highest BCUT2D eigenvalue weighted by atomic mass is 16.3. The Balaban J connectivity index is 1.64. The summed E-state index contributed by atoms with van der Waals surface area (Å²) in [5.74, 6) is 3.76. The van der Waals surface area contributed by atoms with E-state index in [9.17, 15) is 5.11 Å². The van der Waals surface area contributed by atoms with Crippen LogP contribution < -0.4 is 0 Å². The zero-order chi connectivity index (χ0) is 14.0. The summed E-state index contributed by atoms with van der Waals surface area (Å²) in [5, 5.41) is 10.5. The van der Waals surface area contributed by atoms with Crippen LogP contribution in [0, 0.1) is 34.5 Å². The Morgan fingerprint density at radius 1 is 0.750 bits per heavy atom. The first kappa shape index (κ1) is 13.6. The Labute approximate surface area is 124 Å². The molecule has 0 heterocycles. The number of hydrogen-bond donors (Lipinski definition) is 1. The monoisotopic (exact) mass is 276 g/mol. The molecule has 4 rings (SSSR count). The van der Waals surface area contributed by atoms with Gasteiger partial charge in [0, 0.05) is 0 Å². The summed E-state index contributed by atoms with van der Waals surface area (Å²) in [7, 11) is 0. The van der Waals surface area contributed by atoms with E-state index in [-0.39, 0.29) is 11.5 Å². The lowest BCUT2D eigenvalue weighted by Gasteiger charge is -2.60. The summed E-state index contributed by atoms with van der Waals surface area (Å²) in [6.45, 7) is 5.04. The van der Waals surface area contributed by atoms with Crippen molar-refractivity contribution < 1.29 is 5.11 Å². The summed E-state index contributed by atoms with van der Waals surface area (Å²) < 4.78 is 0. The van der Waals surface area contributed by atoms with E-state index in [0.29, 0.717) is 5.41 Å². The second-order valence-corrected chi connectivity index (χ2v) is 9.04. The smallest absolute Gasteiger partial charge is 0.0596 e. The third kappa shape index (κ3) is 1.65. The van der Waals surface area contributed by atoms with E-state index in [1.807, 2.05) is 0 Å². The van der Waals surface area contributed by atoms with Crippen LogP contribution in [-0.4, -0.2) is 11.2 Å². The molecule has 4 saturated carbocycles. The Kier molecular flexibility index (Phi) is 3.05. The van der Waals surface area contributed by atoms with Crippen LogP contribution in [0.25, 0.3) is 0 Å². The van der Waals surface area contributed by atoms with Gasteiger partial charge >= 0.3 is 0 Å². The van der Waals surface area contributed by atoms with E-state index in [0.717, 1.165) is 30.1 Å². The zero-order valence-electron chi connectivity index (χ0n) is 13.4. The second-order valence-electron chi connectivity index (χ2n) is 9.04. The van der Waals surface area contributed by atoms with Crippen molar-refractivity contribution in [3.05, 3.63) is 0 Å². The molecule has 4 fully saturated rings. The SMILES string of the molecule is C[C@@]12CCCC[C@H]1CC[C@@H]1[C@H]2CC[C@]2(C)[C@@H](O)CC[C@@H]12. The third-order valence-corrected chi connectivity index (χ3v) is 8.53. The van der Waals surface area contributed by atoms with Gasteiger partial charge in [0.25, 0.3) is 0 Å². The Hall–Kier alpha value is -0.0400. The molecule has 0 spiro atoms. The van der Waals surface area contributed by atoms with Gasteiger partial charge in [-0.3, -0.25) is 0 Å². The first-order valence-corrected chi connectivity index (χ1v) is 9.24. The molecule has 0 aromatic carbocycles. The number of fused-ring (bicyclic) bond motifs is 5. The molecule has 0 aliphatic heterocycles. The van der Waals surface area contributed by atoms with Crippen molar-refractivity contribution in [2.45, 2.75) is 84.2 Å². The van der Waals surface area contributed by atoms with E-state index < -0.39 is 0 Å². The van der Waals surface area contributed by atoms with E-state index in [1.165, 1.54) is 57.8 Å². The van der Waals surface area contributed by atoms with E-state index >= 15 is 0 Å². The minimum atomic E-state index is -0.00895. The lowest BCUT2D eigenvalue weighted by Crippen LogP contribution is -2.53. The molecule has 0 radical (unpaired) electrons. The maximum atomic E-state index is 10.5. The molecule has 0 unspecified atom stereocenters. The first-order valence-electron chi connectivity index (χ1n) is 9.24. The van der Waals surface area contributed by atoms with Crippen molar-refractivity contribution in [2.24, 2.45) is 34.5 Å². The van der Waals surface area contributed by atoms with Crippen molar-refractivity contribution in [2.75, 3.05) is 0 Å². The van der Waals surface area contributed by atoms with E-state index in [4.69, 9.17) is 0 Å². The maximum absolute atomic E-state index is 10.5. The van der Waals surface area contributed by atoms with Gasteiger partial charge in [0.05, 0.1) is 6.10 Å². The van der Waals surface area contributed by atoms with Gasteiger partial charge in [-0.2, -0.15) is 0 Å². The molecule has 4 aliphatic carbocycles. The minimum absolute atomic E-state index is 0.00895. The normalized spacial score (nSPS) is 58.6. The van der Waals surface area contributed by atoms with E-state index in [1.54, 1.807) is 0 Å². The fourth-order valence-corrected chi connectivity index (χ4v) is 7.27. The van der Waals surface area contributed by atoms with Crippen molar-refractivity contribution in [3.63, 3.8) is 0 Å². The van der Waals surface area contributed by atoms with Crippen LogP contribution in [0.1, 0.15) is 78.1 Å². The van der Waals surface area contributed by atoms with Gasteiger partial charge in [-0.05, 0) is 85.9 Å². The summed E-state index contributed by atoms with van der Waals surface area (Å²) >= 11 is 0. The van der Waals surface area contributed by atoms with Crippen LogP contribution >= 0.6 is 0 Å². The molecule has 114 valence electrons. The van der Waals surface area contributed by atoms with E-state index in [2.05, 4.69) is 13.8 Å². The lowest BCUT2D eigenvalue weighted by atomic mass is 9.45. The highest BCUT2D eigenvalue weighted by Gasteiger charge is 2.59. The van der Waals surface area contributed by atoms with Gasteiger partial charge in [-0.15, -0.1) is 0 Å². The molecular formula is C19H32O. The first-order chi connectivity index (χ1) is 9.56. The summed E-state index contributed by atoms with van der Waals surface area (Å²) in [6.07, 6.45) is 14.0. The molecule has 20 heavy (non-hydrogen) atoms. The molecular weight excluding hydrogens is 244 g/mol. The van der Waals surface area contributed by atoms with Gasteiger partial charge in [-0.1, -0.05) is 26.7 Å². The average molecular weight is 276 g/mol. The molecule has 0 bridgehead atoms. The molecule has 7 atom stereocenters. The molecule has 1 N–H and O–H groups in total. The Morgan fingerprint density at radius 2 is 1.55 bits per heavy atom. The van der Waals surface area contributed by atoms with Crippen LogP contribution in [0.5, 0.6) is 0 Å². The predicted molar refractivity (Wildman–Crippen MR) is 82.4 cm³/mol. The fraction of sp³-hybridized carbons (Fsp3) is 1.00. The van der Waals surface area contributed by atoms with Crippen LogP contribution in [0.3, 0.4) is 0 Å². The molecule has 0 aromatic heterocycles. The quantitative estimate of drug-likeness (QED) is 0.675. The topological polar surface area (TPSA) is 20.2 Å². The number of hydrogen-bond acceptors (Lipinski definition) is 1. The number of aliphatic hydroxyl groups is 1. The van der Waals surface area contributed by atoms with Crippen LogP contribution in [0.15, 0.2) is 0 Å². The maximum Gasteiger partial charge on any atom is 0.0596 e. The second kappa shape index (κ2) is 4.48. The van der Waals surface area contributed by atoms with Gasteiger partial charge in [0.15, 0.2) is 0 Å². The Morgan fingerprint density at radius 3 is 2.40 bits per heavy atom. The van der Waals surface area contributed by atoms with Crippen LogP contribution in [0.4, 0.5) is 0 Å². The van der Waals surface area contributed by atoms with Gasteiger partial charge in [0.2, 0.25) is 0 Å². The molecule has 0 aromatic rings. The highest BCUT2D eigenvalue weighted by Crippen LogP contribution is 2.66. The fourth-order valence-electron chi connectivity index (χ4n) is 7.27. The zero-order valence-corrected chi connectivity index (χ0v) is 13.4. The van der Waals surface area contributed by atoms with Gasteiger partial charge in [-0.25, -0.2) is 0 Å². The summed E-state index contributed by atoms with van der Waals surface area (Å²) in [5.41, 5.74) is 0.912. The molecule has 0 saturated heterocycles. The van der Waals surface area contributed by atoms with Crippen molar-refractivity contribution >= 4 is 0 Å². The number of rotatable bonds is 0. The van der Waals surface area contributed by atoms with Crippen LogP contribution in [0.2, 0.25) is 0 Å². The van der Waals surface area contributed by atoms with Gasteiger partial charge < -0.3 is 5.11 Å². The standard InChI is InChI=1S/C19H32O/c1-18-11-4-3-5-13(18)6-7-14-15-8-9-17(20)19(15,2)12-10-16(14)18/h13-17,20H,3-12H2,1-2H3/t13-,14-,15-,16+,17-,18+,19-/m0/s1. The molecule has 1 heteroatoms. The highest BCUT2D eigenvalue weighted by molar-refractivity contribution is 5.08. The van der Waals surface area contributed by atoms with Crippen LogP contribution in [-0.2, 0) is 0 Å². The van der Waals surface area contributed by atoms with Crippen molar-refractivity contribution in [3.8, 4) is 0 Å². The summed E-state index contributed by atoms with van der Waals surface area (Å²) in [6, 6.07) is 0. The van der Waals surface area contributed by atoms with Crippen molar-refractivity contribution in [1.82, 2.24) is 0 Å².